The Kier molecular flexibility index (Phi) is 3.57. The van der Waals surface area contributed by atoms with Gasteiger partial charge in [-0.25, -0.2) is 0 Å². The molecule has 0 aliphatic carbocycles. The summed E-state index contributed by atoms with van der Waals surface area (Å²) in [6.07, 6.45) is 1.88. The number of rotatable bonds is 4. The number of halogens is 1. The summed E-state index contributed by atoms with van der Waals surface area (Å²) in [5, 5.41) is 22.3. The van der Waals surface area contributed by atoms with Crippen LogP contribution in [0.4, 0.5) is 15.8 Å². The van der Waals surface area contributed by atoms with Crippen molar-refractivity contribution in [2.24, 2.45) is 11.8 Å². The normalized spacial score (nSPS) is 27.9. The standard InChI is InChI=1S/C14H11FN2O6/c15-7-2-1-6(5-8(7)17(21)22)16-13(18)11-9-3-4-10(23-9)12(11)14(19)20/h1-5,9-12H,(H,16,18)(H,19,20)/t9-,10+,11+,12+/m1/s1. The number of amides is 1. The third-order valence-corrected chi connectivity index (χ3v) is 3.90. The molecular formula is C14H11FN2O6. The van der Waals surface area contributed by atoms with E-state index in [4.69, 9.17) is 4.74 Å². The second-order valence-electron chi connectivity index (χ2n) is 5.25. The first-order valence-corrected chi connectivity index (χ1v) is 6.70. The molecule has 4 atom stereocenters. The Morgan fingerprint density at radius 3 is 2.52 bits per heavy atom. The molecule has 1 amide bonds. The molecule has 2 N–H and O–H groups in total. The number of fused-ring (bicyclic) bond motifs is 2. The van der Waals surface area contributed by atoms with Gasteiger partial charge in [0.15, 0.2) is 0 Å². The summed E-state index contributed by atoms with van der Waals surface area (Å²) in [5.41, 5.74) is -0.763. The summed E-state index contributed by atoms with van der Waals surface area (Å²) in [7, 11) is 0. The third kappa shape index (κ3) is 2.55. The van der Waals surface area contributed by atoms with Gasteiger partial charge in [-0.1, -0.05) is 12.2 Å². The van der Waals surface area contributed by atoms with E-state index < -0.39 is 52.3 Å². The van der Waals surface area contributed by atoms with Crippen LogP contribution in [-0.4, -0.2) is 34.1 Å². The van der Waals surface area contributed by atoms with Crippen molar-refractivity contribution in [1.82, 2.24) is 0 Å². The van der Waals surface area contributed by atoms with Crippen molar-refractivity contribution < 1.29 is 28.7 Å². The van der Waals surface area contributed by atoms with Crippen LogP contribution in [0.5, 0.6) is 0 Å². The maximum absolute atomic E-state index is 13.3. The van der Waals surface area contributed by atoms with E-state index in [2.05, 4.69) is 5.32 Å². The number of carboxylic acid groups (broad SMARTS) is 1. The lowest BCUT2D eigenvalue weighted by molar-refractivity contribution is -0.387. The van der Waals surface area contributed by atoms with Crippen molar-refractivity contribution in [3.8, 4) is 0 Å². The fourth-order valence-electron chi connectivity index (χ4n) is 2.87. The number of anilines is 1. The quantitative estimate of drug-likeness (QED) is 0.490. The number of hydrogen-bond donors (Lipinski definition) is 2. The molecule has 1 aromatic carbocycles. The Morgan fingerprint density at radius 1 is 1.26 bits per heavy atom. The van der Waals surface area contributed by atoms with Gasteiger partial charge in [0.05, 0.1) is 23.0 Å². The predicted octanol–water partition coefficient (Wildman–Crippen LogP) is 1.33. The molecule has 2 bridgehead atoms. The number of carbonyl (C=O) groups excluding carboxylic acids is 1. The lowest BCUT2D eigenvalue weighted by Gasteiger charge is -2.20. The van der Waals surface area contributed by atoms with E-state index in [0.717, 1.165) is 12.1 Å². The van der Waals surface area contributed by atoms with Crippen molar-refractivity contribution in [2.45, 2.75) is 12.2 Å². The first kappa shape index (κ1) is 15.1. The molecule has 9 heteroatoms. The third-order valence-electron chi connectivity index (χ3n) is 3.90. The van der Waals surface area contributed by atoms with Gasteiger partial charge in [-0.2, -0.15) is 4.39 Å². The topological polar surface area (TPSA) is 119 Å². The molecule has 120 valence electrons. The Balaban J connectivity index is 1.82. The second kappa shape index (κ2) is 5.43. The second-order valence-corrected chi connectivity index (χ2v) is 5.25. The van der Waals surface area contributed by atoms with Crippen LogP contribution in [0, 0.1) is 27.8 Å². The molecule has 2 heterocycles. The molecule has 3 rings (SSSR count). The van der Waals surface area contributed by atoms with Crippen molar-refractivity contribution in [3.63, 3.8) is 0 Å². The monoisotopic (exact) mass is 322 g/mol. The number of nitro groups is 1. The number of carboxylic acids is 1. The summed E-state index contributed by atoms with van der Waals surface area (Å²) in [5.74, 6) is -4.81. The van der Waals surface area contributed by atoms with Gasteiger partial charge in [-0.05, 0) is 12.1 Å². The van der Waals surface area contributed by atoms with Crippen LogP contribution in [0.25, 0.3) is 0 Å². The number of nitrogens with one attached hydrogen (secondary N) is 1. The number of aliphatic carboxylic acids is 1. The van der Waals surface area contributed by atoms with E-state index in [1.807, 2.05) is 0 Å². The van der Waals surface area contributed by atoms with Gasteiger partial charge in [0.25, 0.3) is 0 Å². The van der Waals surface area contributed by atoms with E-state index in [9.17, 15) is 29.2 Å². The van der Waals surface area contributed by atoms with E-state index in [1.165, 1.54) is 6.07 Å². The van der Waals surface area contributed by atoms with Gasteiger partial charge in [-0.15, -0.1) is 0 Å². The number of nitro benzene ring substituents is 1. The fraction of sp³-hybridized carbons (Fsp3) is 0.286. The van der Waals surface area contributed by atoms with E-state index in [0.29, 0.717) is 0 Å². The van der Waals surface area contributed by atoms with E-state index in [-0.39, 0.29) is 5.69 Å². The molecule has 1 saturated heterocycles. The Bertz CT molecular complexity index is 734. The van der Waals surface area contributed by atoms with Crippen LogP contribution in [0.1, 0.15) is 0 Å². The number of hydrogen-bond acceptors (Lipinski definition) is 5. The highest BCUT2D eigenvalue weighted by atomic mass is 19.1. The highest BCUT2D eigenvalue weighted by Crippen LogP contribution is 2.40. The smallest absolute Gasteiger partial charge is 0.310 e. The van der Waals surface area contributed by atoms with Gasteiger partial charge in [0.2, 0.25) is 11.7 Å². The highest BCUT2D eigenvalue weighted by molar-refractivity contribution is 5.96. The van der Waals surface area contributed by atoms with E-state index in [1.54, 1.807) is 12.2 Å². The summed E-state index contributed by atoms with van der Waals surface area (Å²) >= 11 is 0. The number of carbonyl (C=O) groups is 2. The summed E-state index contributed by atoms with van der Waals surface area (Å²) < 4.78 is 18.7. The molecule has 0 spiro atoms. The number of benzene rings is 1. The first-order chi connectivity index (χ1) is 10.9. The molecule has 0 aromatic heterocycles. The lowest BCUT2D eigenvalue weighted by atomic mass is 9.82. The molecule has 2 aliphatic rings. The average Bonchev–Trinajstić information content (AvgIpc) is 3.09. The van der Waals surface area contributed by atoms with Crippen molar-refractivity contribution >= 4 is 23.3 Å². The zero-order valence-electron chi connectivity index (χ0n) is 11.5. The van der Waals surface area contributed by atoms with Crippen molar-refractivity contribution in [2.75, 3.05) is 5.32 Å². The minimum absolute atomic E-state index is 0.0130. The van der Waals surface area contributed by atoms with Crippen LogP contribution in [0.2, 0.25) is 0 Å². The van der Waals surface area contributed by atoms with Crippen LogP contribution >= 0.6 is 0 Å². The Labute approximate surface area is 128 Å². The van der Waals surface area contributed by atoms with Crippen molar-refractivity contribution in [3.05, 3.63) is 46.3 Å². The maximum atomic E-state index is 13.3. The number of ether oxygens (including phenoxy) is 1. The molecule has 8 nitrogen and oxygen atoms in total. The molecular weight excluding hydrogens is 311 g/mol. The lowest BCUT2D eigenvalue weighted by Crippen LogP contribution is -2.39. The van der Waals surface area contributed by atoms with Gasteiger partial charge in [0, 0.05) is 11.8 Å². The molecule has 2 aliphatic heterocycles. The Hall–Kier alpha value is -2.81. The SMILES string of the molecule is O=C(O)[C@@H]1[C@@H](C(=O)Nc2ccc(F)c([N+](=O)[O-])c2)[C@H]2C=C[C@@H]1O2. The molecule has 0 unspecified atom stereocenters. The maximum Gasteiger partial charge on any atom is 0.310 e. The Morgan fingerprint density at radius 2 is 1.91 bits per heavy atom. The summed E-state index contributed by atoms with van der Waals surface area (Å²) in [4.78, 5) is 33.4. The van der Waals surface area contributed by atoms with Gasteiger partial charge in [-0.3, -0.25) is 19.7 Å². The van der Waals surface area contributed by atoms with Crippen molar-refractivity contribution in [1.29, 1.82) is 0 Å². The summed E-state index contributed by atoms with van der Waals surface area (Å²) in [6, 6.07) is 2.91. The highest BCUT2D eigenvalue weighted by Gasteiger charge is 2.53. The molecule has 0 radical (unpaired) electrons. The van der Waals surface area contributed by atoms with Crippen LogP contribution in [0.3, 0.4) is 0 Å². The average molecular weight is 322 g/mol. The van der Waals surface area contributed by atoms with Crippen LogP contribution in [-0.2, 0) is 14.3 Å². The zero-order valence-corrected chi connectivity index (χ0v) is 11.5. The largest absolute Gasteiger partial charge is 0.481 e. The first-order valence-electron chi connectivity index (χ1n) is 6.70. The predicted molar refractivity (Wildman–Crippen MR) is 74.1 cm³/mol. The zero-order chi connectivity index (χ0) is 16.7. The van der Waals surface area contributed by atoms with Gasteiger partial charge >= 0.3 is 11.7 Å². The number of nitrogens with zero attached hydrogens (tertiary/aromatic N) is 1. The van der Waals surface area contributed by atoms with Gasteiger partial charge in [0.1, 0.15) is 5.92 Å². The molecule has 1 aromatic rings. The fourth-order valence-corrected chi connectivity index (χ4v) is 2.87. The van der Waals surface area contributed by atoms with Crippen LogP contribution in [0.15, 0.2) is 30.4 Å². The molecule has 23 heavy (non-hydrogen) atoms. The minimum Gasteiger partial charge on any atom is -0.481 e. The minimum atomic E-state index is -1.16. The van der Waals surface area contributed by atoms with Crippen LogP contribution < -0.4 is 5.32 Å². The van der Waals surface area contributed by atoms with Gasteiger partial charge < -0.3 is 15.2 Å². The molecule has 0 saturated carbocycles. The molecule has 1 fully saturated rings. The van der Waals surface area contributed by atoms with E-state index >= 15 is 0 Å². The summed E-state index contributed by atoms with van der Waals surface area (Å²) in [6.45, 7) is 0.